The Balaban J connectivity index is 1.74. The molecule has 5 heteroatoms. The van der Waals surface area contributed by atoms with E-state index in [0.29, 0.717) is 4.91 Å². The number of amides is 1. The lowest BCUT2D eigenvalue weighted by Crippen LogP contribution is -2.35. The number of aliphatic imine (C=N–C) groups is 1. The van der Waals surface area contributed by atoms with Crippen LogP contribution in [0.5, 0.6) is 0 Å². The van der Waals surface area contributed by atoms with E-state index in [4.69, 9.17) is 0 Å². The predicted molar refractivity (Wildman–Crippen MR) is 92.1 cm³/mol. The van der Waals surface area contributed by atoms with Crippen LogP contribution in [0.4, 0.5) is 0 Å². The van der Waals surface area contributed by atoms with E-state index in [9.17, 15) is 4.79 Å². The van der Waals surface area contributed by atoms with E-state index in [1.54, 1.807) is 0 Å². The molecule has 2 aliphatic heterocycles. The molecule has 0 spiro atoms. The number of nitrogens with zero attached hydrogens (tertiary/aromatic N) is 2. The second-order valence-corrected chi connectivity index (χ2v) is 7.36. The minimum atomic E-state index is -0.121. The summed E-state index contributed by atoms with van der Waals surface area (Å²) in [6.45, 7) is 4.29. The summed E-state index contributed by atoms with van der Waals surface area (Å²) < 4.78 is 0.992. The van der Waals surface area contributed by atoms with E-state index in [1.807, 2.05) is 30.3 Å². The fraction of sp³-hybridized carbons (Fsp3) is 0.375. The van der Waals surface area contributed by atoms with Gasteiger partial charge in [0, 0.05) is 17.6 Å². The maximum Gasteiger partial charge on any atom is 0.286 e. The Morgan fingerprint density at radius 3 is 2.76 bits per heavy atom. The van der Waals surface area contributed by atoms with Crippen LogP contribution in [0, 0.1) is 5.92 Å². The quantitative estimate of drug-likeness (QED) is 0.701. The summed E-state index contributed by atoms with van der Waals surface area (Å²) in [5.74, 6) is 0.656. The average molecular weight is 365 g/mol. The summed E-state index contributed by atoms with van der Waals surface area (Å²) in [4.78, 5) is 19.3. The number of benzene rings is 1. The lowest BCUT2D eigenvalue weighted by atomic mass is 10.00. The van der Waals surface area contributed by atoms with Crippen LogP contribution in [-0.2, 0) is 4.79 Å². The Bertz CT molecular complexity index is 618. The molecular weight excluding hydrogens is 348 g/mol. The fourth-order valence-corrected chi connectivity index (χ4v) is 3.82. The highest BCUT2D eigenvalue weighted by molar-refractivity contribution is 9.10. The van der Waals surface area contributed by atoms with Crippen LogP contribution in [0.2, 0.25) is 0 Å². The van der Waals surface area contributed by atoms with Gasteiger partial charge in [0.25, 0.3) is 5.91 Å². The van der Waals surface area contributed by atoms with Gasteiger partial charge in [0.15, 0.2) is 5.17 Å². The molecule has 3 nitrogen and oxygen atoms in total. The molecule has 1 saturated heterocycles. The first kappa shape index (κ1) is 14.9. The Kier molecular flexibility index (Phi) is 4.50. The number of hydrogen-bond donors (Lipinski definition) is 0. The highest BCUT2D eigenvalue weighted by Gasteiger charge is 2.28. The van der Waals surface area contributed by atoms with Gasteiger partial charge in [-0.15, -0.1) is 0 Å². The summed E-state index contributed by atoms with van der Waals surface area (Å²) in [7, 11) is 0. The first-order chi connectivity index (χ1) is 10.1. The standard InChI is InChI=1S/C16H17BrN2OS/c1-11-6-8-19(9-7-11)16-18-15(20)14(21-16)10-12-4-2-3-5-13(12)17/h2-5,10-11H,6-9H2,1H3/b14-10-. The SMILES string of the molecule is CC1CCN(C2=NC(=O)/C(=C/c3ccccc3Br)S2)CC1. The van der Waals surface area contributed by atoms with Crippen molar-refractivity contribution >= 4 is 44.8 Å². The van der Waals surface area contributed by atoms with E-state index in [0.717, 1.165) is 34.2 Å². The Morgan fingerprint density at radius 1 is 1.33 bits per heavy atom. The molecular formula is C16H17BrN2OS. The van der Waals surface area contributed by atoms with Gasteiger partial charge in [0.2, 0.25) is 0 Å². The average Bonchev–Trinajstić information content (AvgIpc) is 2.83. The molecule has 1 aromatic carbocycles. The first-order valence-electron chi connectivity index (χ1n) is 7.15. The molecule has 0 aromatic heterocycles. The highest BCUT2D eigenvalue weighted by Crippen LogP contribution is 2.33. The van der Waals surface area contributed by atoms with E-state index in [-0.39, 0.29) is 5.91 Å². The number of halogens is 1. The van der Waals surface area contributed by atoms with Crippen molar-refractivity contribution < 1.29 is 4.79 Å². The minimum absolute atomic E-state index is 0.121. The third-order valence-electron chi connectivity index (χ3n) is 3.86. The van der Waals surface area contributed by atoms with E-state index < -0.39 is 0 Å². The number of piperidine rings is 1. The van der Waals surface area contributed by atoms with Gasteiger partial charge in [0.1, 0.15) is 0 Å². The molecule has 0 unspecified atom stereocenters. The Labute approximate surface area is 137 Å². The van der Waals surface area contributed by atoms with Crippen LogP contribution in [0.1, 0.15) is 25.3 Å². The smallest absolute Gasteiger partial charge is 0.286 e. The van der Waals surface area contributed by atoms with Crippen LogP contribution < -0.4 is 0 Å². The molecule has 3 rings (SSSR count). The molecule has 21 heavy (non-hydrogen) atoms. The van der Waals surface area contributed by atoms with Crippen LogP contribution in [0.25, 0.3) is 6.08 Å². The van der Waals surface area contributed by atoms with E-state index in [2.05, 4.69) is 32.7 Å². The van der Waals surface area contributed by atoms with Crippen molar-refractivity contribution in [1.29, 1.82) is 0 Å². The van der Waals surface area contributed by atoms with Crippen molar-refractivity contribution in [2.24, 2.45) is 10.9 Å². The minimum Gasteiger partial charge on any atom is -0.351 e. The summed E-state index contributed by atoms with van der Waals surface area (Å²) in [5.41, 5.74) is 1.01. The molecule has 1 fully saturated rings. The maximum atomic E-state index is 12.1. The third-order valence-corrected chi connectivity index (χ3v) is 5.62. The zero-order valence-electron chi connectivity index (χ0n) is 11.9. The van der Waals surface area contributed by atoms with Gasteiger partial charge in [-0.3, -0.25) is 4.79 Å². The summed E-state index contributed by atoms with van der Waals surface area (Å²) in [6, 6.07) is 7.90. The number of hydrogen-bond acceptors (Lipinski definition) is 3. The molecule has 1 aromatic rings. The van der Waals surface area contributed by atoms with Crippen LogP contribution in [0.3, 0.4) is 0 Å². The third kappa shape index (κ3) is 3.40. The first-order valence-corrected chi connectivity index (χ1v) is 8.76. The number of rotatable bonds is 1. The van der Waals surface area contributed by atoms with Crippen LogP contribution in [0.15, 0.2) is 38.6 Å². The summed E-state index contributed by atoms with van der Waals surface area (Å²) in [5, 5.41) is 0.866. The van der Waals surface area contributed by atoms with Gasteiger partial charge in [-0.2, -0.15) is 4.99 Å². The molecule has 110 valence electrons. The van der Waals surface area contributed by atoms with Crippen molar-refractivity contribution in [3.05, 3.63) is 39.2 Å². The van der Waals surface area contributed by atoms with Crippen molar-refractivity contribution in [3.8, 4) is 0 Å². The monoisotopic (exact) mass is 364 g/mol. The number of carbonyl (C=O) groups is 1. The number of thioether (sulfide) groups is 1. The van der Waals surface area contributed by atoms with Gasteiger partial charge in [-0.1, -0.05) is 41.1 Å². The maximum absolute atomic E-state index is 12.1. The second kappa shape index (κ2) is 6.36. The van der Waals surface area contributed by atoms with Gasteiger partial charge < -0.3 is 4.90 Å². The van der Waals surface area contributed by atoms with Crippen molar-refractivity contribution in [1.82, 2.24) is 4.90 Å². The normalized spacial score (nSPS) is 22.0. The van der Waals surface area contributed by atoms with Gasteiger partial charge >= 0.3 is 0 Å². The fourth-order valence-electron chi connectivity index (χ4n) is 2.47. The lowest BCUT2D eigenvalue weighted by Gasteiger charge is -2.30. The second-order valence-electron chi connectivity index (χ2n) is 5.50. The van der Waals surface area contributed by atoms with Crippen molar-refractivity contribution in [2.75, 3.05) is 13.1 Å². The van der Waals surface area contributed by atoms with Gasteiger partial charge in [-0.25, -0.2) is 0 Å². The molecule has 2 heterocycles. The molecule has 0 N–H and O–H groups in total. The molecule has 1 amide bonds. The van der Waals surface area contributed by atoms with Gasteiger partial charge in [0.05, 0.1) is 4.91 Å². The predicted octanol–water partition coefficient (Wildman–Crippen LogP) is 4.15. The van der Waals surface area contributed by atoms with Crippen molar-refractivity contribution in [3.63, 3.8) is 0 Å². The molecule has 2 aliphatic rings. The number of likely N-dealkylation sites (tertiary alicyclic amines) is 1. The molecule has 0 saturated carbocycles. The highest BCUT2D eigenvalue weighted by atomic mass is 79.9. The molecule has 0 atom stereocenters. The van der Waals surface area contributed by atoms with Gasteiger partial charge in [-0.05, 0) is 48.2 Å². The number of carbonyl (C=O) groups excluding carboxylic acids is 1. The molecule has 0 bridgehead atoms. The zero-order chi connectivity index (χ0) is 14.8. The summed E-state index contributed by atoms with van der Waals surface area (Å²) >= 11 is 5.01. The summed E-state index contributed by atoms with van der Waals surface area (Å²) in [6.07, 6.45) is 4.27. The largest absolute Gasteiger partial charge is 0.351 e. The molecule has 0 aliphatic carbocycles. The Hall–Kier alpha value is -1.07. The van der Waals surface area contributed by atoms with Crippen LogP contribution in [-0.4, -0.2) is 29.1 Å². The lowest BCUT2D eigenvalue weighted by molar-refractivity contribution is -0.113. The number of amidine groups is 1. The molecule has 0 radical (unpaired) electrons. The van der Waals surface area contributed by atoms with Crippen molar-refractivity contribution in [2.45, 2.75) is 19.8 Å². The topological polar surface area (TPSA) is 32.7 Å². The Morgan fingerprint density at radius 2 is 2.05 bits per heavy atom. The van der Waals surface area contributed by atoms with E-state index >= 15 is 0 Å². The van der Waals surface area contributed by atoms with Crippen LogP contribution >= 0.6 is 27.7 Å². The van der Waals surface area contributed by atoms with E-state index in [1.165, 1.54) is 24.6 Å². The zero-order valence-corrected chi connectivity index (χ0v) is 14.3.